The molecular weight excluding hydrogens is 194 g/mol. The molecular formula is C9H16FKN2. The zero-order chi connectivity index (χ0) is 8.55. The predicted octanol–water partition coefficient (Wildman–Crippen LogP) is -0.992. The van der Waals surface area contributed by atoms with Crippen LogP contribution in [-0.2, 0) is 0 Å². The number of alkyl halides is 1. The molecule has 0 aromatic heterocycles. The van der Waals surface area contributed by atoms with Crippen LogP contribution in [0.2, 0.25) is 0 Å². The molecule has 2 atom stereocenters. The molecule has 0 aromatic rings. The monoisotopic (exact) mass is 210 g/mol. The third-order valence-electron chi connectivity index (χ3n) is 3.16. The maximum absolute atomic E-state index is 13.1. The smallest absolute Gasteiger partial charge is 0.672 e. The first kappa shape index (κ1) is 12.6. The molecule has 0 spiro atoms. The molecule has 1 saturated carbocycles. The van der Waals surface area contributed by atoms with Gasteiger partial charge in [-0.15, -0.1) is 6.04 Å². The van der Waals surface area contributed by atoms with Crippen LogP contribution in [0.15, 0.2) is 0 Å². The van der Waals surface area contributed by atoms with Gasteiger partial charge in [0.25, 0.3) is 0 Å². The summed E-state index contributed by atoms with van der Waals surface area (Å²) in [6.45, 7) is 1.46. The maximum Gasteiger partial charge on any atom is 1.00 e. The van der Waals surface area contributed by atoms with E-state index in [1.54, 1.807) is 0 Å². The molecule has 13 heavy (non-hydrogen) atoms. The molecule has 1 heterocycles. The van der Waals surface area contributed by atoms with Crippen molar-refractivity contribution in [1.29, 1.82) is 0 Å². The molecule has 4 heteroatoms. The molecule has 1 saturated heterocycles. The third kappa shape index (κ3) is 2.97. The van der Waals surface area contributed by atoms with Crippen LogP contribution in [0.3, 0.4) is 0 Å². The average molecular weight is 210 g/mol. The zero-order valence-electron chi connectivity index (χ0n) is 8.30. The number of hydrogen-bond donors (Lipinski definition) is 0. The molecule has 2 nitrogen and oxygen atoms in total. The predicted molar refractivity (Wildman–Crippen MR) is 46.8 cm³/mol. The quantitative estimate of drug-likeness (QED) is 0.511. The summed E-state index contributed by atoms with van der Waals surface area (Å²) in [4.78, 5) is 2.24. The number of likely N-dealkylation sites (tertiary alicyclic amines) is 1. The fourth-order valence-corrected chi connectivity index (χ4v) is 2.01. The first-order valence-corrected chi connectivity index (χ1v) is 4.86. The van der Waals surface area contributed by atoms with Gasteiger partial charge in [0.1, 0.15) is 0 Å². The summed E-state index contributed by atoms with van der Waals surface area (Å²) in [5, 5.41) is 0. The maximum atomic E-state index is 13.1. The molecule has 70 valence electrons. The average Bonchev–Trinajstić information content (AvgIpc) is 1.93. The van der Waals surface area contributed by atoms with Gasteiger partial charge in [0, 0.05) is 12.6 Å². The number of nitrogens with zero attached hydrogens (tertiary/aromatic N) is 1. The van der Waals surface area contributed by atoms with E-state index in [0.29, 0.717) is 12.6 Å². The van der Waals surface area contributed by atoms with Crippen molar-refractivity contribution in [2.75, 3.05) is 13.1 Å². The van der Waals surface area contributed by atoms with Crippen LogP contribution < -0.4 is 51.4 Å². The minimum absolute atomic E-state index is 0. The SMILES string of the molecule is [K+].[NH-]C1CCN(C2CCC2)CC1F. The first-order valence-electron chi connectivity index (χ1n) is 4.86. The second-order valence-electron chi connectivity index (χ2n) is 3.99. The van der Waals surface area contributed by atoms with E-state index in [1.807, 2.05) is 0 Å². The van der Waals surface area contributed by atoms with Crippen LogP contribution in [0, 0.1) is 0 Å². The minimum Gasteiger partial charge on any atom is -0.672 e. The summed E-state index contributed by atoms with van der Waals surface area (Å²) in [6.07, 6.45) is 3.62. The Morgan fingerprint density at radius 3 is 2.38 bits per heavy atom. The van der Waals surface area contributed by atoms with E-state index in [9.17, 15) is 4.39 Å². The van der Waals surface area contributed by atoms with Crippen molar-refractivity contribution in [2.45, 2.75) is 43.9 Å². The van der Waals surface area contributed by atoms with Crippen LogP contribution in [0.5, 0.6) is 0 Å². The molecule has 2 unspecified atom stereocenters. The molecule has 0 amide bonds. The number of nitrogens with one attached hydrogen (secondary N) is 1. The summed E-state index contributed by atoms with van der Waals surface area (Å²) in [5.74, 6) is 0. The molecule has 2 aliphatic rings. The van der Waals surface area contributed by atoms with Crippen LogP contribution >= 0.6 is 0 Å². The Kier molecular flexibility index (Phi) is 5.35. The topological polar surface area (TPSA) is 27.0 Å². The number of hydrogen-bond acceptors (Lipinski definition) is 1. The molecule has 0 bridgehead atoms. The molecule has 1 aliphatic heterocycles. The fourth-order valence-electron chi connectivity index (χ4n) is 2.01. The summed E-state index contributed by atoms with van der Waals surface area (Å²) < 4.78 is 13.1. The second kappa shape index (κ2) is 5.54. The van der Waals surface area contributed by atoms with Gasteiger partial charge < -0.3 is 5.73 Å². The van der Waals surface area contributed by atoms with E-state index in [4.69, 9.17) is 5.73 Å². The molecule has 1 N–H and O–H groups in total. The Bertz CT molecular complexity index is 164. The molecule has 2 rings (SSSR count). The summed E-state index contributed by atoms with van der Waals surface area (Å²) in [5.41, 5.74) is 7.38. The van der Waals surface area contributed by atoms with Crippen molar-refractivity contribution in [3.8, 4) is 0 Å². The Balaban J connectivity index is 0.000000845. The third-order valence-corrected chi connectivity index (χ3v) is 3.16. The van der Waals surface area contributed by atoms with Gasteiger partial charge in [-0.1, -0.05) is 12.8 Å². The summed E-state index contributed by atoms with van der Waals surface area (Å²) in [6, 6.07) is 0.192. The number of rotatable bonds is 1. The Morgan fingerprint density at radius 1 is 1.23 bits per heavy atom. The Hall–Kier alpha value is 1.49. The van der Waals surface area contributed by atoms with E-state index in [1.165, 1.54) is 19.3 Å². The second-order valence-corrected chi connectivity index (χ2v) is 3.99. The summed E-state index contributed by atoms with van der Waals surface area (Å²) >= 11 is 0. The van der Waals surface area contributed by atoms with Crippen molar-refractivity contribution in [2.24, 2.45) is 0 Å². The minimum atomic E-state index is -0.903. The summed E-state index contributed by atoms with van der Waals surface area (Å²) in [7, 11) is 0. The van der Waals surface area contributed by atoms with Crippen molar-refractivity contribution in [1.82, 2.24) is 4.90 Å². The van der Waals surface area contributed by atoms with Crippen molar-refractivity contribution in [3.05, 3.63) is 5.73 Å². The van der Waals surface area contributed by atoms with Gasteiger partial charge >= 0.3 is 51.4 Å². The van der Waals surface area contributed by atoms with E-state index in [-0.39, 0.29) is 51.4 Å². The van der Waals surface area contributed by atoms with Gasteiger partial charge in [0.15, 0.2) is 0 Å². The van der Waals surface area contributed by atoms with E-state index in [2.05, 4.69) is 4.90 Å². The van der Waals surface area contributed by atoms with Crippen molar-refractivity contribution >= 4 is 0 Å². The van der Waals surface area contributed by atoms with Gasteiger partial charge in [0.2, 0.25) is 0 Å². The van der Waals surface area contributed by atoms with E-state index < -0.39 is 12.2 Å². The normalized spacial score (nSPS) is 36.5. The number of halogens is 1. The first-order chi connectivity index (χ1) is 5.77. The number of piperidine rings is 1. The van der Waals surface area contributed by atoms with E-state index in [0.717, 1.165) is 13.0 Å². The molecule has 0 aromatic carbocycles. The molecule has 1 aliphatic carbocycles. The van der Waals surface area contributed by atoms with Crippen LogP contribution in [0.1, 0.15) is 25.7 Å². The van der Waals surface area contributed by atoms with Crippen molar-refractivity contribution < 1.29 is 55.8 Å². The largest absolute Gasteiger partial charge is 1.00 e. The van der Waals surface area contributed by atoms with Crippen molar-refractivity contribution in [3.63, 3.8) is 0 Å². The Labute approximate surface area is 122 Å². The Morgan fingerprint density at radius 2 is 1.92 bits per heavy atom. The van der Waals surface area contributed by atoms with Gasteiger partial charge in [-0.3, -0.25) is 4.90 Å². The standard InChI is InChI=1S/C9H16FN2.K/c10-8-6-12(5-4-9(8)11)7-2-1-3-7;/h7-9,11H,1-6H2;/q-1;+1. The fraction of sp³-hybridized carbons (Fsp3) is 1.00. The van der Waals surface area contributed by atoms with Crippen LogP contribution in [0.25, 0.3) is 5.73 Å². The van der Waals surface area contributed by atoms with Crippen LogP contribution in [0.4, 0.5) is 4.39 Å². The van der Waals surface area contributed by atoms with Gasteiger partial charge in [-0.2, -0.15) is 0 Å². The molecule has 2 fully saturated rings. The molecule has 0 radical (unpaired) electrons. The van der Waals surface area contributed by atoms with Gasteiger partial charge in [-0.25, -0.2) is 4.39 Å². The van der Waals surface area contributed by atoms with Gasteiger partial charge in [-0.05, 0) is 19.4 Å². The van der Waals surface area contributed by atoms with Gasteiger partial charge in [0.05, 0.1) is 6.17 Å². The zero-order valence-corrected chi connectivity index (χ0v) is 11.4. The van der Waals surface area contributed by atoms with E-state index >= 15 is 0 Å². The van der Waals surface area contributed by atoms with Crippen LogP contribution in [-0.4, -0.2) is 36.2 Å².